The van der Waals surface area contributed by atoms with Gasteiger partial charge in [-0.15, -0.1) is 0 Å². The summed E-state index contributed by atoms with van der Waals surface area (Å²) in [6.07, 6.45) is 3.39. The van der Waals surface area contributed by atoms with Crippen molar-refractivity contribution in [1.29, 1.82) is 0 Å². The van der Waals surface area contributed by atoms with E-state index < -0.39 is 6.10 Å². The zero-order valence-electron chi connectivity index (χ0n) is 15.1. The van der Waals surface area contributed by atoms with Gasteiger partial charge < -0.3 is 15.2 Å². The van der Waals surface area contributed by atoms with Gasteiger partial charge in [0.1, 0.15) is 5.75 Å². The quantitative estimate of drug-likeness (QED) is 0.777. The first-order chi connectivity index (χ1) is 12.0. The van der Waals surface area contributed by atoms with Crippen molar-refractivity contribution in [1.82, 2.24) is 10.2 Å². The minimum absolute atomic E-state index is 0.0836. The molecule has 0 aliphatic carbocycles. The van der Waals surface area contributed by atoms with Gasteiger partial charge in [-0.3, -0.25) is 9.69 Å². The molecule has 136 valence electrons. The fraction of sp³-hybridized carbons (Fsp3) is 0.550. The number of hydrogen-bond donors (Lipinski definition) is 2. The summed E-state index contributed by atoms with van der Waals surface area (Å²) in [5.74, 6) is 1.18. The molecule has 1 aromatic carbocycles. The highest BCUT2D eigenvalue weighted by atomic mass is 16.5. The molecule has 5 heteroatoms. The van der Waals surface area contributed by atoms with Gasteiger partial charge in [-0.2, -0.15) is 0 Å². The Bertz CT molecular complexity index is 634. The van der Waals surface area contributed by atoms with Crippen LogP contribution in [0.25, 0.3) is 0 Å². The first-order valence-corrected chi connectivity index (χ1v) is 9.16. The maximum atomic E-state index is 12.2. The van der Waals surface area contributed by atoms with Crippen LogP contribution in [0, 0.1) is 5.92 Å². The van der Waals surface area contributed by atoms with Crippen molar-refractivity contribution < 1.29 is 14.6 Å². The van der Waals surface area contributed by atoms with Gasteiger partial charge in [0.25, 0.3) is 0 Å². The lowest BCUT2D eigenvalue weighted by Crippen LogP contribution is -2.43. The first kappa shape index (κ1) is 18.0. The Morgan fingerprint density at radius 1 is 1.40 bits per heavy atom. The summed E-state index contributed by atoms with van der Waals surface area (Å²) in [5.41, 5.74) is 1.98. The van der Waals surface area contributed by atoms with Crippen LogP contribution in [0.5, 0.6) is 5.75 Å². The summed E-state index contributed by atoms with van der Waals surface area (Å²) >= 11 is 0. The molecule has 3 heterocycles. The second-order valence-corrected chi connectivity index (χ2v) is 7.27. The van der Waals surface area contributed by atoms with E-state index in [2.05, 4.69) is 10.2 Å². The molecule has 5 nitrogen and oxygen atoms in total. The van der Waals surface area contributed by atoms with Crippen molar-refractivity contribution in [3.63, 3.8) is 0 Å². The second-order valence-electron chi connectivity index (χ2n) is 7.27. The van der Waals surface area contributed by atoms with Gasteiger partial charge in [-0.1, -0.05) is 12.1 Å². The molecule has 25 heavy (non-hydrogen) atoms. The lowest BCUT2D eigenvalue weighted by Gasteiger charge is -2.40. The lowest BCUT2D eigenvalue weighted by atomic mass is 9.83. The van der Waals surface area contributed by atoms with E-state index in [1.54, 1.807) is 6.08 Å². The maximum absolute atomic E-state index is 12.2. The minimum Gasteiger partial charge on any atom is -0.491 e. The fourth-order valence-corrected chi connectivity index (χ4v) is 3.61. The molecular formula is C20H28N2O3. The molecule has 1 unspecified atom stereocenters. The molecule has 3 fully saturated rings. The van der Waals surface area contributed by atoms with E-state index in [1.165, 1.54) is 5.57 Å². The van der Waals surface area contributed by atoms with E-state index in [0.29, 0.717) is 5.92 Å². The van der Waals surface area contributed by atoms with Gasteiger partial charge in [0.15, 0.2) is 0 Å². The number of rotatable bonds is 6. The Morgan fingerprint density at radius 2 is 2.16 bits per heavy atom. The predicted molar refractivity (Wildman–Crippen MR) is 97.4 cm³/mol. The Morgan fingerprint density at radius 3 is 2.80 bits per heavy atom. The number of amides is 1. The Labute approximate surface area is 149 Å². The number of hydrogen-bond acceptors (Lipinski definition) is 4. The lowest BCUT2D eigenvalue weighted by molar-refractivity contribution is -0.117. The number of nitrogens with one attached hydrogen (secondary N) is 1. The molecule has 2 N–H and O–H groups in total. The van der Waals surface area contributed by atoms with Gasteiger partial charge in [-0.05, 0) is 69.0 Å². The van der Waals surface area contributed by atoms with Crippen molar-refractivity contribution >= 4 is 5.91 Å². The Kier molecular flexibility index (Phi) is 5.76. The third-order valence-corrected chi connectivity index (χ3v) is 4.92. The number of piperidine rings is 3. The van der Waals surface area contributed by atoms with Crippen LogP contribution in [0.1, 0.15) is 38.4 Å². The summed E-state index contributed by atoms with van der Waals surface area (Å²) in [5, 5.41) is 13.2. The van der Waals surface area contributed by atoms with Gasteiger partial charge >= 0.3 is 0 Å². The van der Waals surface area contributed by atoms with Crippen LogP contribution in [-0.2, 0) is 4.79 Å². The summed E-state index contributed by atoms with van der Waals surface area (Å²) in [6, 6.07) is 7.39. The molecule has 0 saturated carbocycles. The third kappa shape index (κ3) is 4.83. The monoisotopic (exact) mass is 344 g/mol. The van der Waals surface area contributed by atoms with Gasteiger partial charge in [-0.25, -0.2) is 0 Å². The van der Waals surface area contributed by atoms with Crippen molar-refractivity contribution in [2.75, 3.05) is 26.2 Å². The average Bonchev–Trinajstić information content (AvgIpc) is 2.60. The highest BCUT2D eigenvalue weighted by Gasteiger charge is 2.29. The minimum atomic E-state index is -0.746. The van der Waals surface area contributed by atoms with Crippen LogP contribution in [0.3, 0.4) is 0 Å². The highest BCUT2D eigenvalue weighted by molar-refractivity contribution is 5.88. The number of aliphatic hydroxyl groups excluding tert-OH is 1. The van der Waals surface area contributed by atoms with Crippen LogP contribution in [0.4, 0.5) is 0 Å². The molecule has 1 atom stereocenters. The van der Waals surface area contributed by atoms with E-state index in [1.807, 2.05) is 38.1 Å². The predicted octanol–water partition coefficient (Wildman–Crippen LogP) is 2.28. The zero-order valence-corrected chi connectivity index (χ0v) is 15.1. The topological polar surface area (TPSA) is 61.8 Å². The number of aliphatic hydroxyl groups is 1. The number of fused-ring (bicyclic) bond motifs is 3. The zero-order chi connectivity index (χ0) is 17.8. The molecule has 3 aliphatic heterocycles. The van der Waals surface area contributed by atoms with Crippen LogP contribution < -0.4 is 10.1 Å². The van der Waals surface area contributed by atoms with E-state index in [4.69, 9.17) is 4.74 Å². The number of benzene rings is 1. The Balaban J connectivity index is 1.53. The molecule has 0 radical (unpaired) electrons. The van der Waals surface area contributed by atoms with Crippen molar-refractivity contribution in [2.45, 2.75) is 38.9 Å². The number of carbonyl (C=O) groups is 1. The van der Waals surface area contributed by atoms with Crippen molar-refractivity contribution in [3.05, 3.63) is 41.5 Å². The maximum Gasteiger partial charge on any atom is 0.244 e. The molecule has 2 bridgehead atoms. The molecule has 4 rings (SSSR count). The highest BCUT2D eigenvalue weighted by Crippen LogP contribution is 2.31. The van der Waals surface area contributed by atoms with Gasteiger partial charge in [0.05, 0.1) is 12.2 Å². The standard InChI is InChI=1S/C20H28N2O3/c1-14(2)25-18-5-3-4-16(10-18)19(23)12-21-20(24)11-17-13-22-8-6-15(17)7-9-22/h3-5,10-11,14-15,19,23H,6-9,12-13H2,1-2H3,(H,21,24)/b17-11-. The van der Waals surface area contributed by atoms with Crippen LogP contribution in [-0.4, -0.2) is 48.2 Å². The van der Waals surface area contributed by atoms with E-state index in [0.717, 1.165) is 43.8 Å². The number of carbonyl (C=O) groups excluding carboxylic acids is 1. The SMILES string of the molecule is CC(C)Oc1cccc(C(O)CNC(=O)/C=C2/CN3CCC2CC3)c1. The molecule has 0 spiro atoms. The van der Waals surface area contributed by atoms with Crippen LogP contribution >= 0.6 is 0 Å². The molecule has 3 saturated heterocycles. The average molecular weight is 344 g/mol. The van der Waals surface area contributed by atoms with Gasteiger partial charge in [0.2, 0.25) is 5.91 Å². The molecular weight excluding hydrogens is 316 g/mol. The van der Waals surface area contributed by atoms with E-state index in [-0.39, 0.29) is 18.6 Å². The van der Waals surface area contributed by atoms with Crippen molar-refractivity contribution in [2.24, 2.45) is 5.92 Å². The molecule has 1 aromatic rings. The van der Waals surface area contributed by atoms with Gasteiger partial charge in [0, 0.05) is 19.2 Å². The smallest absolute Gasteiger partial charge is 0.244 e. The summed E-state index contributed by atoms with van der Waals surface area (Å²) < 4.78 is 5.65. The summed E-state index contributed by atoms with van der Waals surface area (Å²) in [4.78, 5) is 14.6. The van der Waals surface area contributed by atoms with E-state index in [9.17, 15) is 9.90 Å². The normalized spacial score (nSPS) is 25.2. The fourth-order valence-electron chi connectivity index (χ4n) is 3.61. The number of ether oxygens (including phenoxy) is 1. The molecule has 1 amide bonds. The Hall–Kier alpha value is -1.85. The second kappa shape index (κ2) is 8.02. The number of nitrogens with zero attached hydrogens (tertiary/aromatic N) is 1. The largest absolute Gasteiger partial charge is 0.491 e. The molecule has 0 aromatic heterocycles. The third-order valence-electron chi connectivity index (χ3n) is 4.92. The van der Waals surface area contributed by atoms with Crippen LogP contribution in [0.2, 0.25) is 0 Å². The summed E-state index contributed by atoms with van der Waals surface area (Å²) in [6.45, 7) is 7.34. The van der Waals surface area contributed by atoms with Crippen LogP contribution in [0.15, 0.2) is 35.9 Å². The molecule has 3 aliphatic rings. The summed E-state index contributed by atoms with van der Waals surface area (Å²) in [7, 11) is 0. The first-order valence-electron chi connectivity index (χ1n) is 9.16. The van der Waals surface area contributed by atoms with Crippen molar-refractivity contribution in [3.8, 4) is 5.75 Å². The van der Waals surface area contributed by atoms with E-state index >= 15 is 0 Å².